The molecule has 0 fully saturated rings. The molecule has 5 nitrogen and oxygen atoms in total. The van der Waals surface area contributed by atoms with Gasteiger partial charge in [-0.15, -0.1) is 11.3 Å². The van der Waals surface area contributed by atoms with Crippen molar-refractivity contribution < 1.29 is 0 Å². The number of benzene rings is 7. The van der Waals surface area contributed by atoms with Crippen LogP contribution in [0.4, 0.5) is 0 Å². The molecule has 0 radical (unpaired) electrons. The van der Waals surface area contributed by atoms with Crippen LogP contribution in [0, 0.1) is 0 Å². The van der Waals surface area contributed by atoms with Gasteiger partial charge in [0.25, 0.3) is 0 Å². The van der Waals surface area contributed by atoms with E-state index in [0.29, 0.717) is 5.95 Å². The smallest absolute Gasteiger partial charge is 0.238 e. The van der Waals surface area contributed by atoms with E-state index in [1.54, 1.807) is 11.3 Å². The zero-order chi connectivity index (χ0) is 33.7. The van der Waals surface area contributed by atoms with E-state index in [4.69, 9.17) is 9.97 Å². The highest BCUT2D eigenvalue weighted by atomic mass is 32.1. The molecule has 6 heterocycles. The standard InChI is InChI=1S/C46H25N5S/c1-8-20-35-26(13-1)27-14-2-9-21-36(27)50(35)44-41-31-18-6-12-24-39(31)52-45(41)48-46(47-44)51-37-22-10-4-16-29(37)33-25-32-28-15-3-7-19-34(28)49-38-23-11-5-17-30(38)40(42(32)49)43(33)51/h1-25H. The zero-order valence-corrected chi connectivity index (χ0v) is 28.4. The van der Waals surface area contributed by atoms with Crippen molar-refractivity contribution in [3.8, 4) is 11.8 Å². The molecular weight excluding hydrogens is 655 g/mol. The van der Waals surface area contributed by atoms with Crippen LogP contribution in [0.15, 0.2) is 152 Å². The fourth-order valence-corrected chi connectivity index (χ4v) is 10.2. The second-order valence-electron chi connectivity index (χ2n) is 13.8. The van der Waals surface area contributed by atoms with Crippen LogP contribution in [0.1, 0.15) is 0 Å². The largest absolute Gasteiger partial charge is 0.308 e. The number of thiophene rings is 1. The lowest BCUT2D eigenvalue weighted by Gasteiger charge is -2.13. The molecule has 0 unspecified atom stereocenters. The number of hydrogen-bond acceptors (Lipinski definition) is 3. The SMILES string of the molecule is c1ccc2c(c1)sc1nc(-n3c4ccccc4c4cc5c6ccccc6n6c7ccccc7c(c43)c56)nc(-n3c4ccccc4c4ccccc43)c12. The van der Waals surface area contributed by atoms with Gasteiger partial charge in [0, 0.05) is 53.2 Å². The molecule has 0 N–H and O–H groups in total. The van der Waals surface area contributed by atoms with Crippen molar-refractivity contribution in [1.29, 1.82) is 0 Å². The van der Waals surface area contributed by atoms with Crippen molar-refractivity contribution in [3.63, 3.8) is 0 Å². The number of aromatic nitrogens is 5. The topological polar surface area (TPSA) is 40.1 Å². The molecule has 0 amide bonds. The molecule has 0 spiro atoms. The van der Waals surface area contributed by atoms with Crippen molar-refractivity contribution in [2.75, 3.05) is 0 Å². The molecule has 0 atom stereocenters. The van der Waals surface area contributed by atoms with E-state index >= 15 is 0 Å². The molecule has 52 heavy (non-hydrogen) atoms. The van der Waals surface area contributed by atoms with Crippen LogP contribution >= 0.6 is 11.3 Å². The molecule has 7 aromatic carbocycles. The van der Waals surface area contributed by atoms with Crippen LogP contribution in [-0.4, -0.2) is 23.5 Å². The Balaban J connectivity index is 1.27. The van der Waals surface area contributed by atoms with Gasteiger partial charge in [-0.1, -0.05) is 109 Å². The number of rotatable bonds is 2. The van der Waals surface area contributed by atoms with Gasteiger partial charge in [0.1, 0.15) is 4.83 Å². The van der Waals surface area contributed by atoms with Gasteiger partial charge in [0.15, 0.2) is 5.82 Å². The molecular formula is C46H25N5S. The van der Waals surface area contributed by atoms with E-state index in [-0.39, 0.29) is 0 Å². The first-order valence-corrected chi connectivity index (χ1v) is 18.4. The van der Waals surface area contributed by atoms with E-state index in [0.717, 1.165) is 38.1 Å². The fraction of sp³-hybridized carbons (Fsp3) is 0. The quantitative estimate of drug-likeness (QED) is 0.182. The van der Waals surface area contributed by atoms with E-state index in [1.165, 1.54) is 69.7 Å². The summed E-state index contributed by atoms with van der Waals surface area (Å²) in [5, 5.41) is 12.1. The Morgan fingerprint density at radius 1 is 0.385 bits per heavy atom. The minimum absolute atomic E-state index is 0.671. The first kappa shape index (κ1) is 27.0. The molecule has 240 valence electrons. The molecule has 6 aromatic heterocycles. The Morgan fingerprint density at radius 3 is 1.54 bits per heavy atom. The molecule has 6 heteroatoms. The molecule has 0 saturated carbocycles. The molecule has 0 saturated heterocycles. The molecule has 0 bridgehead atoms. The highest BCUT2D eigenvalue weighted by molar-refractivity contribution is 7.25. The van der Waals surface area contributed by atoms with E-state index in [1.807, 2.05) is 0 Å². The van der Waals surface area contributed by atoms with Crippen LogP contribution < -0.4 is 0 Å². The van der Waals surface area contributed by atoms with Crippen molar-refractivity contribution in [2.24, 2.45) is 0 Å². The van der Waals surface area contributed by atoms with Gasteiger partial charge in [-0.25, -0.2) is 4.98 Å². The lowest BCUT2D eigenvalue weighted by Crippen LogP contribution is -2.06. The van der Waals surface area contributed by atoms with Crippen molar-refractivity contribution in [2.45, 2.75) is 0 Å². The average Bonchev–Trinajstić information content (AvgIpc) is 3.99. The maximum absolute atomic E-state index is 5.69. The van der Waals surface area contributed by atoms with Gasteiger partial charge in [0.05, 0.1) is 44.0 Å². The average molecular weight is 680 g/mol. The van der Waals surface area contributed by atoms with E-state index in [2.05, 4.69) is 165 Å². The predicted molar refractivity (Wildman–Crippen MR) is 218 cm³/mol. The Kier molecular flexibility index (Phi) is 4.94. The first-order chi connectivity index (χ1) is 25.8. The summed E-state index contributed by atoms with van der Waals surface area (Å²) in [5.41, 5.74) is 8.16. The number of fused-ring (bicyclic) bond motifs is 16. The fourth-order valence-electron chi connectivity index (χ4n) is 9.17. The van der Waals surface area contributed by atoms with Gasteiger partial charge in [-0.3, -0.25) is 9.13 Å². The summed E-state index contributed by atoms with van der Waals surface area (Å²) in [6, 6.07) is 54.8. The monoisotopic (exact) mass is 679 g/mol. The predicted octanol–water partition coefficient (Wildman–Crippen LogP) is 12.2. The normalized spacial score (nSPS) is 12.6. The van der Waals surface area contributed by atoms with E-state index in [9.17, 15) is 0 Å². The Labute approximate surface area is 299 Å². The summed E-state index contributed by atoms with van der Waals surface area (Å²) in [6.07, 6.45) is 0. The van der Waals surface area contributed by atoms with Gasteiger partial charge < -0.3 is 4.40 Å². The minimum atomic E-state index is 0.671. The first-order valence-electron chi connectivity index (χ1n) is 17.6. The summed E-state index contributed by atoms with van der Waals surface area (Å²) >= 11 is 1.74. The molecule has 0 aliphatic heterocycles. The molecule has 13 aromatic rings. The third kappa shape index (κ3) is 3.20. The van der Waals surface area contributed by atoms with E-state index < -0.39 is 0 Å². The van der Waals surface area contributed by atoms with Crippen LogP contribution in [0.5, 0.6) is 0 Å². The molecule has 0 aliphatic rings. The molecule has 0 aliphatic carbocycles. The van der Waals surface area contributed by atoms with Crippen LogP contribution in [0.2, 0.25) is 0 Å². The lowest BCUT2D eigenvalue weighted by molar-refractivity contribution is 0.978. The minimum Gasteiger partial charge on any atom is -0.308 e. The number of nitrogens with zero attached hydrogens (tertiary/aromatic N) is 5. The summed E-state index contributed by atoms with van der Waals surface area (Å²) in [5.74, 6) is 1.57. The van der Waals surface area contributed by atoms with Crippen LogP contribution in [0.3, 0.4) is 0 Å². The van der Waals surface area contributed by atoms with Gasteiger partial charge in [-0.2, -0.15) is 4.98 Å². The van der Waals surface area contributed by atoms with Gasteiger partial charge >= 0.3 is 0 Å². The summed E-state index contributed by atoms with van der Waals surface area (Å²) in [4.78, 5) is 12.2. The summed E-state index contributed by atoms with van der Waals surface area (Å²) in [6.45, 7) is 0. The van der Waals surface area contributed by atoms with Gasteiger partial charge in [0.2, 0.25) is 5.95 Å². The van der Waals surface area contributed by atoms with Gasteiger partial charge in [-0.05, 0) is 42.5 Å². The second kappa shape index (κ2) is 9.51. The third-order valence-corrected chi connectivity index (χ3v) is 12.3. The summed E-state index contributed by atoms with van der Waals surface area (Å²) < 4.78 is 8.35. The Hall–Kier alpha value is -6.76. The Morgan fingerprint density at radius 2 is 0.865 bits per heavy atom. The number of para-hydroxylation sites is 5. The van der Waals surface area contributed by atoms with Crippen molar-refractivity contribution in [3.05, 3.63) is 152 Å². The maximum atomic E-state index is 5.69. The van der Waals surface area contributed by atoms with Crippen LogP contribution in [0.25, 0.3) is 114 Å². The lowest BCUT2D eigenvalue weighted by atomic mass is 10.0. The number of hydrogen-bond donors (Lipinski definition) is 0. The zero-order valence-electron chi connectivity index (χ0n) is 27.6. The Bertz CT molecular complexity index is 3600. The van der Waals surface area contributed by atoms with Crippen LogP contribution in [-0.2, 0) is 0 Å². The molecule has 13 rings (SSSR count). The summed E-state index contributed by atoms with van der Waals surface area (Å²) in [7, 11) is 0. The highest BCUT2D eigenvalue weighted by Crippen LogP contribution is 2.47. The van der Waals surface area contributed by atoms with Crippen molar-refractivity contribution in [1.82, 2.24) is 23.5 Å². The third-order valence-electron chi connectivity index (χ3n) is 11.2. The highest BCUT2D eigenvalue weighted by Gasteiger charge is 2.27. The second-order valence-corrected chi connectivity index (χ2v) is 14.8. The van der Waals surface area contributed by atoms with Crippen molar-refractivity contribution >= 4 is 113 Å². The maximum Gasteiger partial charge on any atom is 0.238 e.